The van der Waals surface area contributed by atoms with Crippen LogP contribution in [-0.2, 0) is 0 Å². The average molecular weight is 537 g/mol. The van der Waals surface area contributed by atoms with Crippen LogP contribution in [0.1, 0.15) is 24.8 Å². The van der Waals surface area contributed by atoms with Gasteiger partial charge in [-0.3, -0.25) is 5.10 Å². The van der Waals surface area contributed by atoms with Gasteiger partial charge in [-0.2, -0.15) is 20.3 Å². The normalized spacial score (nSPS) is 20.1. The Labute approximate surface area is 231 Å². The molecule has 0 aliphatic carbocycles. The Hall–Kier alpha value is -4.20. The van der Waals surface area contributed by atoms with E-state index in [1.165, 1.54) is 6.42 Å². The molecule has 2 atom stereocenters. The first-order valence-electron chi connectivity index (χ1n) is 13.9. The van der Waals surface area contributed by atoms with Crippen LogP contribution in [0.4, 0.5) is 5.82 Å². The van der Waals surface area contributed by atoms with Crippen molar-refractivity contribution >= 4 is 38.6 Å². The minimum absolute atomic E-state index is 0.0629. The summed E-state index contributed by atoms with van der Waals surface area (Å²) in [6.07, 6.45) is 6.33. The van der Waals surface area contributed by atoms with Crippen molar-refractivity contribution in [3.63, 3.8) is 0 Å². The summed E-state index contributed by atoms with van der Waals surface area (Å²) < 4.78 is 12.5. The summed E-state index contributed by atoms with van der Waals surface area (Å²) >= 11 is 0. The van der Waals surface area contributed by atoms with E-state index >= 15 is 0 Å². The summed E-state index contributed by atoms with van der Waals surface area (Å²) in [7, 11) is 2.14. The second-order valence-corrected chi connectivity index (χ2v) is 10.9. The van der Waals surface area contributed by atoms with Gasteiger partial charge >= 0.3 is 6.01 Å². The third-order valence-electron chi connectivity index (χ3n) is 8.43. The summed E-state index contributed by atoms with van der Waals surface area (Å²) in [6, 6.07) is 11.4. The number of hydrogen-bond donors (Lipinski definition) is 2. The van der Waals surface area contributed by atoms with Gasteiger partial charge in [0.05, 0.1) is 41.4 Å². The van der Waals surface area contributed by atoms with Crippen LogP contribution in [0.5, 0.6) is 6.01 Å². The van der Waals surface area contributed by atoms with Gasteiger partial charge in [0.15, 0.2) is 0 Å². The van der Waals surface area contributed by atoms with Gasteiger partial charge in [0.2, 0.25) is 0 Å². The van der Waals surface area contributed by atoms with Gasteiger partial charge in [-0.25, -0.2) is 0 Å². The third-order valence-corrected chi connectivity index (χ3v) is 8.43. The number of H-pyrrole nitrogens is 1. The van der Waals surface area contributed by atoms with E-state index in [2.05, 4.69) is 63.6 Å². The molecule has 7 rings (SSSR count). The minimum atomic E-state index is 0.0629. The molecule has 2 N–H and O–H groups in total. The standard InChI is InChI=1S/C30H32N8O2/c1-18-5-6-24-23(15-33-36-24)26(18)22-14-25-27(28-21(22)8-13-39-28)29(38-12-10-32-19(16-38)7-9-31)35-30(34-25)40-17-20-4-3-11-37(20)2/h5-6,8,13-15,19-20,32H,3-4,7,10-12,16-17H2,1-2H3,(H,33,36)/t19-,20-/m0/s1. The van der Waals surface area contributed by atoms with E-state index in [0.29, 0.717) is 31.6 Å². The molecule has 40 heavy (non-hydrogen) atoms. The van der Waals surface area contributed by atoms with Crippen molar-refractivity contribution in [2.24, 2.45) is 0 Å². The number of benzene rings is 2. The molecule has 2 aliphatic heterocycles. The molecule has 5 aromatic rings. The van der Waals surface area contributed by atoms with E-state index in [1.807, 2.05) is 12.3 Å². The van der Waals surface area contributed by atoms with Crippen molar-refractivity contribution in [2.45, 2.75) is 38.3 Å². The zero-order valence-electron chi connectivity index (χ0n) is 22.8. The van der Waals surface area contributed by atoms with Gasteiger partial charge in [0.1, 0.15) is 18.0 Å². The number of furan rings is 1. The number of hydrogen-bond acceptors (Lipinski definition) is 9. The van der Waals surface area contributed by atoms with E-state index in [0.717, 1.165) is 81.3 Å². The van der Waals surface area contributed by atoms with Crippen molar-refractivity contribution in [3.8, 4) is 23.2 Å². The molecular weight excluding hydrogens is 504 g/mol. The van der Waals surface area contributed by atoms with E-state index in [9.17, 15) is 5.26 Å². The summed E-state index contributed by atoms with van der Waals surface area (Å²) in [4.78, 5) is 14.5. The number of ether oxygens (including phenoxy) is 1. The quantitative estimate of drug-likeness (QED) is 0.326. The fourth-order valence-corrected chi connectivity index (χ4v) is 6.31. The molecule has 2 aromatic carbocycles. The molecule has 204 valence electrons. The van der Waals surface area contributed by atoms with E-state index in [4.69, 9.17) is 19.1 Å². The fourth-order valence-electron chi connectivity index (χ4n) is 6.31. The van der Waals surface area contributed by atoms with Crippen LogP contribution in [0.3, 0.4) is 0 Å². The molecule has 10 heteroatoms. The van der Waals surface area contributed by atoms with E-state index in [1.54, 1.807) is 6.26 Å². The lowest BCUT2D eigenvalue weighted by molar-refractivity contribution is 0.188. The van der Waals surface area contributed by atoms with E-state index in [-0.39, 0.29) is 6.04 Å². The van der Waals surface area contributed by atoms with Crippen molar-refractivity contribution in [1.29, 1.82) is 5.26 Å². The Morgan fingerprint density at radius 1 is 1.20 bits per heavy atom. The fraction of sp³-hybridized carbons (Fsp3) is 0.400. The van der Waals surface area contributed by atoms with Crippen LogP contribution in [0.15, 0.2) is 41.1 Å². The lowest BCUT2D eigenvalue weighted by Gasteiger charge is -2.34. The minimum Gasteiger partial charge on any atom is -0.463 e. The molecule has 2 aliphatic rings. The molecule has 0 amide bonds. The van der Waals surface area contributed by atoms with Gasteiger partial charge in [0.25, 0.3) is 0 Å². The molecule has 3 aromatic heterocycles. The molecule has 2 fully saturated rings. The molecule has 0 spiro atoms. The lowest BCUT2D eigenvalue weighted by Crippen LogP contribution is -2.51. The number of fused-ring (bicyclic) bond motifs is 4. The summed E-state index contributed by atoms with van der Waals surface area (Å²) in [5, 5.41) is 23.1. The number of piperazine rings is 1. The number of aryl methyl sites for hydroxylation is 1. The summed E-state index contributed by atoms with van der Waals surface area (Å²) in [6.45, 7) is 5.94. The maximum absolute atomic E-state index is 9.34. The molecule has 0 radical (unpaired) electrons. The SMILES string of the molecule is Cc1ccc2[nH]ncc2c1-c1cc2nc(OC[C@@H]3CCCN3C)nc(N3CCN[C@@H](CC#N)C3)c2c2occc12. The molecule has 10 nitrogen and oxygen atoms in total. The molecule has 2 saturated heterocycles. The first kappa shape index (κ1) is 24.8. The Morgan fingerprint density at radius 3 is 2.98 bits per heavy atom. The second kappa shape index (κ2) is 10.1. The van der Waals surface area contributed by atoms with Crippen molar-refractivity contribution in [1.82, 2.24) is 30.4 Å². The number of aromatic amines is 1. The van der Waals surface area contributed by atoms with E-state index < -0.39 is 0 Å². The second-order valence-electron chi connectivity index (χ2n) is 10.9. The molecule has 0 saturated carbocycles. The number of nitriles is 1. The predicted octanol–water partition coefficient (Wildman–Crippen LogP) is 4.39. The Balaban J connectivity index is 1.42. The summed E-state index contributed by atoms with van der Waals surface area (Å²) in [5.41, 5.74) is 5.79. The molecule has 5 heterocycles. The first-order valence-corrected chi connectivity index (χ1v) is 13.9. The monoisotopic (exact) mass is 536 g/mol. The highest BCUT2D eigenvalue weighted by molar-refractivity contribution is 6.16. The maximum Gasteiger partial charge on any atom is 0.319 e. The molecule has 0 bridgehead atoms. The highest BCUT2D eigenvalue weighted by Crippen LogP contribution is 2.42. The lowest BCUT2D eigenvalue weighted by atomic mass is 9.93. The largest absolute Gasteiger partial charge is 0.463 e. The van der Waals surface area contributed by atoms with Crippen LogP contribution in [0, 0.1) is 18.3 Å². The predicted molar refractivity (Wildman–Crippen MR) is 155 cm³/mol. The number of nitrogens with zero attached hydrogens (tertiary/aromatic N) is 6. The Morgan fingerprint density at radius 2 is 2.12 bits per heavy atom. The van der Waals surface area contributed by atoms with Crippen LogP contribution in [0.25, 0.3) is 43.9 Å². The van der Waals surface area contributed by atoms with Gasteiger partial charge in [-0.1, -0.05) is 6.07 Å². The topological polar surface area (TPSA) is 119 Å². The number of aromatic nitrogens is 4. The average Bonchev–Trinajstić information content (AvgIpc) is 3.73. The smallest absolute Gasteiger partial charge is 0.319 e. The highest BCUT2D eigenvalue weighted by Gasteiger charge is 2.27. The zero-order valence-corrected chi connectivity index (χ0v) is 22.8. The Kier molecular flexibility index (Phi) is 6.25. The van der Waals surface area contributed by atoms with Crippen LogP contribution in [0.2, 0.25) is 0 Å². The number of nitrogens with one attached hydrogen (secondary N) is 2. The van der Waals surface area contributed by atoms with Crippen LogP contribution in [-0.4, -0.2) is 77.0 Å². The maximum atomic E-state index is 9.34. The van der Waals surface area contributed by atoms with Crippen molar-refractivity contribution in [2.75, 3.05) is 44.7 Å². The first-order chi connectivity index (χ1) is 19.6. The zero-order chi connectivity index (χ0) is 27.2. The number of likely N-dealkylation sites (N-methyl/N-ethyl adjacent to an activating group) is 1. The third kappa shape index (κ3) is 4.22. The molecule has 0 unspecified atom stereocenters. The molecular formula is C30H32N8O2. The Bertz CT molecular complexity index is 1750. The van der Waals surface area contributed by atoms with Gasteiger partial charge < -0.3 is 24.3 Å². The van der Waals surface area contributed by atoms with Gasteiger partial charge in [0, 0.05) is 42.5 Å². The van der Waals surface area contributed by atoms with Crippen molar-refractivity contribution in [3.05, 3.63) is 42.3 Å². The van der Waals surface area contributed by atoms with Gasteiger partial charge in [-0.05, 0) is 68.2 Å². The summed E-state index contributed by atoms with van der Waals surface area (Å²) in [5.74, 6) is 0.786. The number of anilines is 1. The highest BCUT2D eigenvalue weighted by atomic mass is 16.5. The van der Waals surface area contributed by atoms with Crippen LogP contribution < -0.4 is 15.0 Å². The van der Waals surface area contributed by atoms with Gasteiger partial charge in [-0.15, -0.1) is 0 Å². The number of rotatable bonds is 6. The van der Waals surface area contributed by atoms with Crippen molar-refractivity contribution < 1.29 is 9.15 Å². The van der Waals surface area contributed by atoms with Crippen LogP contribution >= 0.6 is 0 Å². The number of likely N-dealkylation sites (tertiary alicyclic amines) is 1.